The van der Waals surface area contributed by atoms with Gasteiger partial charge in [-0.3, -0.25) is 10.3 Å². The summed E-state index contributed by atoms with van der Waals surface area (Å²) in [6.45, 7) is 0. The average Bonchev–Trinajstić information content (AvgIpc) is 3.05. The van der Waals surface area contributed by atoms with Gasteiger partial charge < -0.3 is 10.1 Å². The third-order valence-electron chi connectivity index (χ3n) is 3.38. The van der Waals surface area contributed by atoms with Crippen LogP contribution in [-0.2, 0) is 0 Å². The Morgan fingerprint density at radius 3 is 2.30 bits per heavy atom. The van der Waals surface area contributed by atoms with Gasteiger partial charge in [0.1, 0.15) is 0 Å². The molecule has 0 atom stereocenters. The third kappa shape index (κ3) is 3.29. The molecule has 2 aromatic heterocycles. The summed E-state index contributed by atoms with van der Waals surface area (Å²) in [5.74, 6) is 0. The highest BCUT2D eigenvalue weighted by atomic mass is 16.4. The number of carboxylic acid groups (broad SMARTS) is 1. The Hall–Kier alpha value is -3.34. The highest BCUT2D eigenvalue weighted by Gasteiger charge is 2.08. The van der Waals surface area contributed by atoms with Crippen molar-refractivity contribution in [1.82, 2.24) is 9.97 Å². The number of hydrogen-bond acceptors (Lipinski definition) is 2. The first kappa shape index (κ1) is 14.6. The summed E-state index contributed by atoms with van der Waals surface area (Å²) < 4.78 is 0. The Morgan fingerprint density at radius 1 is 0.957 bits per heavy atom. The minimum atomic E-state index is -1.05. The molecule has 23 heavy (non-hydrogen) atoms. The summed E-state index contributed by atoms with van der Waals surface area (Å²) in [4.78, 5) is 17.6. The molecule has 4 aromatic rings. The topological polar surface area (TPSA) is 78.0 Å². The number of pyridine rings is 1. The smallest absolute Gasteiger partial charge is 0.409 e. The van der Waals surface area contributed by atoms with Gasteiger partial charge in [0.2, 0.25) is 0 Å². The fourth-order valence-electron chi connectivity index (χ4n) is 2.44. The van der Waals surface area contributed by atoms with E-state index in [2.05, 4.69) is 15.3 Å². The highest BCUT2D eigenvalue weighted by Crippen LogP contribution is 2.31. The van der Waals surface area contributed by atoms with Gasteiger partial charge >= 0.3 is 6.09 Å². The molecule has 114 valence electrons. The van der Waals surface area contributed by atoms with Crippen molar-refractivity contribution < 1.29 is 9.90 Å². The summed E-state index contributed by atoms with van der Waals surface area (Å²) in [5.41, 5.74) is 1.52. The van der Waals surface area contributed by atoms with E-state index in [0.29, 0.717) is 5.69 Å². The van der Waals surface area contributed by atoms with Crippen LogP contribution in [0.5, 0.6) is 0 Å². The SMILES string of the molecule is O=C(O)Nc1cc2[nH]ccc2c2ccccc12.c1ccncc1. The predicted molar refractivity (Wildman–Crippen MR) is 91.7 cm³/mol. The van der Waals surface area contributed by atoms with Crippen molar-refractivity contribution >= 4 is 33.5 Å². The first-order valence-electron chi connectivity index (χ1n) is 7.09. The molecule has 0 aliphatic heterocycles. The number of nitrogens with zero attached hydrogens (tertiary/aromatic N) is 1. The van der Waals surface area contributed by atoms with Crippen molar-refractivity contribution in [2.45, 2.75) is 0 Å². The lowest BCUT2D eigenvalue weighted by molar-refractivity contribution is 0.210. The number of amides is 1. The van der Waals surface area contributed by atoms with Gasteiger partial charge in [-0.1, -0.05) is 30.3 Å². The van der Waals surface area contributed by atoms with Gasteiger partial charge in [-0.15, -0.1) is 0 Å². The van der Waals surface area contributed by atoms with E-state index in [-0.39, 0.29) is 0 Å². The quantitative estimate of drug-likeness (QED) is 0.485. The van der Waals surface area contributed by atoms with E-state index in [1.165, 1.54) is 0 Å². The van der Waals surface area contributed by atoms with Crippen LogP contribution in [0.4, 0.5) is 10.5 Å². The second-order valence-corrected chi connectivity index (χ2v) is 4.86. The fraction of sp³-hybridized carbons (Fsp3) is 0. The van der Waals surface area contributed by atoms with E-state index in [9.17, 15) is 4.79 Å². The summed E-state index contributed by atoms with van der Waals surface area (Å²) >= 11 is 0. The molecule has 0 radical (unpaired) electrons. The van der Waals surface area contributed by atoms with E-state index >= 15 is 0 Å². The van der Waals surface area contributed by atoms with Crippen molar-refractivity contribution in [3.8, 4) is 0 Å². The molecule has 1 amide bonds. The minimum Gasteiger partial charge on any atom is -0.465 e. The van der Waals surface area contributed by atoms with Gasteiger partial charge in [-0.2, -0.15) is 0 Å². The van der Waals surface area contributed by atoms with Gasteiger partial charge in [-0.25, -0.2) is 4.79 Å². The average molecular weight is 305 g/mol. The Kier molecular flexibility index (Phi) is 4.20. The molecule has 0 aliphatic rings. The number of nitrogens with one attached hydrogen (secondary N) is 2. The maximum absolute atomic E-state index is 10.8. The molecule has 0 fully saturated rings. The lowest BCUT2D eigenvalue weighted by Crippen LogP contribution is -2.07. The molecule has 4 rings (SSSR count). The maximum atomic E-state index is 10.8. The number of hydrogen-bond donors (Lipinski definition) is 3. The second kappa shape index (κ2) is 6.62. The molecule has 2 heterocycles. The van der Waals surface area contributed by atoms with Gasteiger partial charge in [0, 0.05) is 34.9 Å². The number of benzene rings is 2. The normalized spacial score (nSPS) is 10.1. The second-order valence-electron chi connectivity index (χ2n) is 4.86. The van der Waals surface area contributed by atoms with Crippen LogP contribution in [0.3, 0.4) is 0 Å². The molecule has 0 aliphatic carbocycles. The zero-order valence-corrected chi connectivity index (χ0v) is 12.2. The number of aromatic amines is 1. The number of fused-ring (bicyclic) bond motifs is 3. The van der Waals surface area contributed by atoms with Crippen molar-refractivity contribution in [1.29, 1.82) is 0 Å². The highest BCUT2D eigenvalue weighted by molar-refractivity contribution is 6.13. The Labute approximate surface area is 132 Å². The number of anilines is 1. The van der Waals surface area contributed by atoms with Crippen LogP contribution in [0.2, 0.25) is 0 Å². The molecular weight excluding hydrogens is 290 g/mol. The van der Waals surface area contributed by atoms with Gasteiger partial charge in [0.25, 0.3) is 0 Å². The zero-order valence-electron chi connectivity index (χ0n) is 12.2. The minimum absolute atomic E-state index is 0.600. The monoisotopic (exact) mass is 305 g/mol. The lowest BCUT2D eigenvalue weighted by Gasteiger charge is -2.07. The molecule has 0 unspecified atom stereocenters. The Morgan fingerprint density at radius 2 is 1.70 bits per heavy atom. The van der Waals surface area contributed by atoms with Crippen molar-refractivity contribution in [2.24, 2.45) is 0 Å². The van der Waals surface area contributed by atoms with Crippen molar-refractivity contribution in [3.05, 3.63) is 73.2 Å². The molecule has 0 spiro atoms. The largest absolute Gasteiger partial charge is 0.465 e. The van der Waals surface area contributed by atoms with Crippen LogP contribution >= 0.6 is 0 Å². The Bertz CT molecular complexity index is 906. The molecule has 0 saturated heterocycles. The van der Waals surface area contributed by atoms with E-state index < -0.39 is 6.09 Å². The van der Waals surface area contributed by atoms with E-state index in [0.717, 1.165) is 21.7 Å². The lowest BCUT2D eigenvalue weighted by atomic mass is 10.0. The van der Waals surface area contributed by atoms with Crippen LogP contribution in [0.15, 0.2) is 73.2 Å². The number of H-pyrrole nitrogens is 1. The maximum Gasteiger partial charge on any atom is 0.409 e. The van der Waals surface area contributed by atoms with Crippen LogP contribution in [-0.4, -0.2) is 21.2 Å². The first-order valence-corrected chi connectivity index (χ1v) is 7.09. The molecule has 0 saturated carbocycles. The van der Waals surface area contributed by atoms with Crippen LogP contribution < -0.4 is 5.32 Å². The predicted octanol–water partition coefficient (Wildman–Crippen LogP) is 4.49. The van der Waals surface area contributed by atoms with Gasteiger partial charge in [0.15, 0.2) is 0 Å². The number of aromatic nitrogens is 2. The van der Waals surface area contributed by atoms with Crippen molar-refractivity contribution in [3.63, 3.8) is 0 Å². The number of rotatable bonds is 1. The molecule has 3 N–H and O–H groups in total. The van der Waals surface area contributed by atoms with Crippen LogP contribution in [0, 0.1) is 0 Å². The van der Waals surface area contributed by atoms with Crippen LogP contribution in [0.25, 0.3) is 21.7 Å². The summed E-state index contributed by atoms with van der Waals surface area (Å²) in [6, 6.07) is 17.2. The summed E-state index contributed by atoms with van der Waals surface area (Å²) in [7, 11) is 0. The first-order chi connectivity index (χ1) is 11.3. The van der Waals surface area contributed by atoms with E-state index in [1.54, 1.807) is 12.4 Å². The molecule has 5 nitrogen and oxygen atoms in total. The molecule has 5 heteroatoms. The van der Waals surface area contributed by atoms with Gasteiger partial charge in [0.05, 0.1) is 5.69 Å². The fourth-order valence-corrected chi connectivity index (χ4v) is 2.44. The van der Waals surface area contributed by atoms with E-state index in [1.807, 2.05) is 60.8 Å². The van der Waals surface area contributed by atoms with Crippen LogP contribution in [0.1, 0.15) is 0 Å². The number of carbonyl (C=O) groups is 1. The molecule has 0 bridgehead atoms. The standard InChI is InChI=1S/C13H10N2O2.C5H5N/c16-13(17)15-12-7-11-10(5-6-14-11)8-3-1-2-4-9(8)12;1-2-4-6-5-3-1/h1-7,14-15H,(H,16,17);1-5H. The van der Waals surface area contributed by atoms with E-state index in [4.69, 9.17) is 5.11 Å². The summed E-state index contributed by atoms with van der Waals surface area (Å²) in [5, 5.41) is 14.3. The van der Waals surface area contributed by atoms with Crippen molar-refractivity contribution in [2.75, 3.05) is 5.32 Å². The Balaban J connectivity index is 0.000000220. The molecular formula is C18H15N3O2. The zero-order chi connectivity index (χ0) is 16.1. The molecule has 2 aromatic carbocycles. The summed E-state index contributed by atoms with van der Waals surface area (Å²) in [6.07, 6.45) is 4.29. The van der Waals surface area contributed by atoms with Gasteiger partial charge in [-0.05, 0) is 29.7 Å². The third-order valence-corrected chi connectivity index (χ3v) is 3.38.